The van der Waals surface area contributed by atoms with E-state index in [2.05, 4.69) is 57.6 Å². The minimum Gasteiger partial charge on any atom is -0.484 e. The van der Waals surface area contributed by atoms with E-state index in [4.69, 9.17) is 11.2 Å². The van der Waals surface area contributed by atoms with Crippen molar-refractivity contribution in [3.8, 4) is 18.1 Å². The lowest BCUT2D eigenvalue weighted by molar-refractivity contribution is -0.135. The van der Waals surface area contributed by atoms with Crippen LogP contribution in [0.5, 0.6) is 5.75 Å². The van der Waals surface area contributed by atoms with E-state index in [-0.39, 0.29) is 23.3 Å². The van der Waals surface area contributed by atoms with Gasteiger partial charge in [0.2, 0.25) is 0 Å². The average molecular weight is 371 g/mol. The molecule has 1 fully saturated rings. The third-order valence-corrected chi connectivity index (χ3v) is 5.01. The van der Waals surface area contributed by atoms with Crippen LogP contribution in [0.4, 0.5) is 0 Å². The highest BCUT2D eigenvalue weighted by atomic mass is 16.5. The SMILES string of the molecule is C#CCN1CCN(C(=O)COc2ccc(C(C)(C)CC(C)(C)C)cc2)CC1. The summed E-state index contributed by atoms with van der Waals surface area (Å²) in [5.74, 6) is 3.43. The number of hydrogen-bond acceptors (Lipinski definition) is 3. The van der Waals surface area contributed by atoms with Gasteiger partial charge in [0.15, 0.2) is 6.61 Å². The van der Waals surface area contributed by atoms with Crippen LogP contribution in [0.25, 0.3) is 0 Å². The summed E-state index contributed by atoms with van der Waals surface area (Å²) in [6.45, 7) is 15.2. The maximum Gasteiger partial charge on any atom is 0.260 e. The van der Waals surface area contributed by atoms with Gasteiger partial charge in [-0.15, -0.1) is 6.42 Å². The minimum atomic E-state index is 0.0347. The summed E-state index contributed by atoms with van der Waals surface area (Å²) in [4.78, 5) is 16.4. The summed E-state index contributed by atoms with van der Waals surface area (Å²) in [5, 5.41) is 0. The Bertz CT molecular complexity index is 657. The molecule has 1 aliphatic heterocycles. The molecular formula is C23H34N2O2. The first-order chi connectivity index (χ1) is 12.6. The van der Waals surface area contributed by atoms with E-state index in [1.54, 1.807) is 0 Å². The van der Waals surface area contributed by atoms with Gasteiger partial charge in [0.25, 0.3) is 5.91 Å². The summed E-state index contributed by atoms with van der Waals surface area (Å²) in [6.07, 6.45) is 6.44. The van der Waals surface area contributed by atoms with Crippen LogP contribution in [0.3, 0.4) is 0 Å². The third-order valence-electron chi connectivity index (χ3n) is 5.01. The number of ether oxygens (including phenoxy) is 1. The van der Waals surface area contributed by atoms with E-state index >= 15 is 0 Å². The quantitative estimate of drug-likeness (QED) is 0.718. The molecule has 1 aromatic carbocycles. The number of carbonyl (C=O) groups excluding carboxylic acids is 1. The van der Waals surface area contributed by atoms with Gasteiger partial charge in [-0.1, -0.05) is 52.7 Å². The molecule has 1 heterocycles. The van der Waals surface area contributed by atoms with Crippen LogP contribution in [-0.4, -0.2) is 55.0 Å². The number of benzene rings is 1. The standard InChI is InChI=1S/C23H34N2O2/c1-7-12-24-13-15-25(16-14-24)21(26)17-27-20-10-8-19(9-11-20)23(5,6)18-22(2,3)4/h1,8-11H,12-18H2,2-6H3. The number of nitrogens with zero attached hydrogens (tertiary/aromatic N) is 2. The van der Waals surface area contributed by atoms with Crippen molar-refractivity contribution in [2.75, 3.05) is 39.3 Å². The third kappa shape index (κ3) is 6.59. The Hall–Kier alpha value is -1.99. The maximum atomic E-state index is 12.4. The zero-order valence-electron chi connectivity index (χ0n) is 17.5. The zero-order chi connectivity index (χ0) is 20.1. The lowest BCUT2D eigenvalue weighted by atomic mass is 9.72. The number of terminal acetylenes is 1. The number of rotatable bonds is 6. The molecule has 0 unspecified atom stereocenters. The van der Waals surface area contributed by atoms with Crippen molar-refractivity contribution in [1.82, 2.24) is 9.80 Å². The monoisotopic (exact) mass is 370 g/mol. The lowest BCUT2D eigenvalue weighted by Gasteiger charge is -2.33. The molecule has 0 aromatic heterocycles. The Kier molecular flexibility index (Phi) is 6.95. The van der Waals surface area contributed by atoms with Crippen molar-refractivity contribution in [2.45, 2.75) is 46.5 Å². The van der Waals surface area contributed by atoms with Gasteiger partial charge in [0.05, 0.1) is 6.54 Å². The largest absolute Gasteiger partial charge is 0.484 e. The first-order valence-corrected chi connectivity index (χ1v) is 9.78. The van der Waals surface area contributed by atoms with Gasteiger partial charge in [-0.25, -0.2) is 0 Å². The van der Waals surface area contributed by atoms with E-state index < -0.39 is 0 Å². The normalized spacial score (nSPS) is 16.1. The number of amides is 1. The second-order valence-electron chi connectivity index (χ2n) is 9.30. The molecule has 0 aliphatic carbocycles. The van der Waals surface area contributed by atoms with Crippen LogP contribution in [-0.2, 0) is 10.2 Å². The first kappa shape index (κ1) is 21.3. The molecule has 0 saturated carbocycles. The maximum absolute atomic E-state index is 12.4. The fourth-order valence-electron chi connectivity index (χ4n) is 3.95. The van der Waals surface area contributed by atoms with Gasteiger partial charge >= 0.3 is 0 Å². The second kappa shape index (κ2) is 8.80. The molecule has 0 atom stereocenters. The van der Waals surface area contributed by atoms with E-state index in [9.17, 15) is 4.79 Å². The van der Waals surface area contributed by atoms with Crippen molar-refractivity contribution in [3.05, 3.63) is 29.8 Å². The Morgan fingerprint density at radius 2 is 1.67 bits per heavy atom. The van der Waals surface area contributed by atoms with Crippen molar-refractivity contribution >= 4 is 5.91 Å². The Morgan fingerprint density at radius 3 is 2.19 bits per heavy atom. The van der Waals surface area contributed by atoms with Crippen molar-refractivity contribution in [2.24, 2.45) is 5.41 Å². The van der Waals surface area contributed by atoms with Crippen LogP contribution >= 0.6 is 0 Å². The highest BCUT2D eigenvalue weighted by molar-refractivity contribution is 5.77. The molecule has 1 aromatic rings. The summed E-state index contributed by atoms with van der Waals surface area (Å²) >= 11 is 0. The topological polar surface area (TPSA) is 32.8 Å². The molecule has 27 heavy (non-hydrogen) atoms. The Balaban J connectivity index is 1.85. The van der Waals surface area contributed by atoms with Gasteiger partial charge in [-0.05, 0) is 34.9 Å². The number of piperazine rings is 1. The predicted octanol–water partition coefficient (Wildman–Crippen LogP) is 3.56. The highest BCUT2D eigenvalue weighted by Crippen LogP contribution is 2.36. The number of hydrogen-bond donors (Lipinski definition) is 0. The molecule has 0 spiro atoms. The molecule has 1 aliphatic rings. The summed E-state index contributed by atoms with van der Waals surface area (Å²) < 4.78 is 5.73. The molecule has 4 heteroatoms. The van der Waals surface area contributed by atoms with Gasteiger partial charge < -0.3 is 9.64 Å². The first-order valence-electron chi connectivity index (χ1n) is 9.78. The Labute approximate surface area is 164 Å². The molecule has 0 bridgehead atoms. The van der Waals surface area contributed by atoms with Crippen LogP contribution < -0.4 is 4.74 Å². The lowest BCUT2D eigenvalue weighted by Crippen LogP contribution is -2.49. The van der Waals surface area contributed by atoms with E-state index in [0.29, 0.717) is 19.6 Å². The number of carbonyl (C=O) groups is 1. The molecule has 4 nitrogen and oxygen atoms in total. The second-order valence-corrected chi connectivity index (χ2v) is 9.30. The van der Waals surface area contributed by atoms with Gasteiger partial charge in [0, 0.05) is 26.2 Å². The van der Waals surface area contributed by atoms with Crippen molar-refractivity contribution in [1.29, 1.82) is 0 Å². The van der Waals surface area contributed by atoms with E-state index in [1.165, 1.54) is 5.56 Å². The highest BCUT2D eigenvalue weighted by Gasteiger charge is 2.27. The van der Waals surface area contributed by atoms with Crippen molar-refractivity contribution < 1.29 is 9.53 Å². The molecule has 0 radical (unpaired) electrons. The molecular weight excluding hydrogens is 336 g/mol. The fraction of sp³-hybridized carbons (Fsp3) is 0.609. The summed E-state index contributed by atoms with van der Waals surface area (Å²) in [6, 6.07) is 8.17. The summed E-state index contributed by atoms with van der Waals surface area (Å²) in [7, 11) is 0. The van der Waals surface area contributed by atoms with Gasteiger partial charge in [-0.3, -0.25) is 9.69 Å². The molecule has 2 rings (SSSR count). The van der Waals surface area contributed by atoms with Crippen LogP contribution in [0.1, 0.15) is 46.6 Å². The molecule has 0 N–H and O–H groups in total. The average Bonchev–Trinajstić information content (AvgIpc) is 2.59. The van der Waals surface area contributed by atoms with Gasteiger partial charge in [0.1, 0.15) is 5.75 Å². The fourth-order valence-corrected chi connectivity index (χ4v) is 3.95. The molecule has 148 valence electrons. The zero-order valence-corrected chi connectivity index (χ0v) is 17.5. The smallest absolute Gasteiger partial charge is 0.260 e. The van der Waals surface area contributed by atoms with Crippen LogP contribution in [0.15, 0.2) is 24.3 Å². The van der Waals surface area contributed by atoms with Crippen molar-refractivity contribution in [3.63, 3.8) is 0 Å². The minimum absolute atomic E-state index is 0.0347. The van der Waals surface area contributed by atoms with E-state index in [0.717, 1.165) is 25.3 Å². The van der Waals surface area contributed by atoms with E-state index in [1.807, 2.05) is 17.0 Å². The molecule has 1 saturated heterocycles. The van der Waals surface area contributed by atoms with Gasteiger partial charge in [-0.2, -0.15) is 0 Å². The van der Waals surface area contributed by atoms with Crippen LogP contribution in [0, 0.1) is 17.8 Å². The summed E-state index contributed by atoms with van der Waals surface area (Å²) in [5.41, 5.74) is 1.67. The van der Waals surface area contributed by atoms with Crippen LogP contribution in [0.2, 0.25) is 0 Å². The Morgan fingerprint density at radius 1 is 1.07 bits per heavy atom. The predicted molar refractivity (Wildman–Crippen MR) is 111 cm³/mol. The molecule has 1 amide bonds.